The molecule has 260 valence electrons. The number of hydrogen-bond acceptors (Lipinski definition) is 3. The summed E-state index contributed by atoms with van der Waals surface area (Å²) in [5.41, 5.74) is 10.0. The molecule has 0 N–H and O–H groups in total. The Morgan fingerprint density at radius 1 is 0.345 bits per heavy atom. The van der Waals surface area contributed by atoms with Gasteiger partial charge in [-0.3, -0.25) is 4.79 Å². The maximum Gasteiger partial charge on any atom is 0.208 e. The van der Waals surface area contributed by atoms with E-state index in [1.54, 1.807) is 24.3 Å². The summed E-state index contributed by atoms with van der Waals surface area (Å²) in [4.78, 5) is 13.9. The molecule has 0 amide bonds. The van der Waals surface area contributed by atoms with E-state index >= 15 is 0 Å². The van der Waals surface area contributed by atoms with Crippen LogP contribution in [0.15, 0.2) is 192 Å². The van der Waals surface area contributed by atoms with Gasteiger partial charge in [-0.1, -0.05) is 109 Å². The molecule has 10 aromatic rings. The number of rotatable bonds is 4. The van der Waals surface area contributed by atoms with Crippen molar-refractivity contribution < 1.29 is 13.2 Å². The van der Waals surface area contributed by atoms with Crippen LogP contribution >= 0.6 is 0 Å². The van der Waals surface area contributed by atoms with Crippen molar-refractivity contribution in [1.29, 1.82) is 0 Å². The lowest BCUT2D eigenvalue weighted by Gasteiger charge is -2.21. The van der Waals surface area contributed by atoms with Gasteiger partial charge in [-0.15, -0.1) is 0 Å². The van der Waals surface area contributed by atoms with Gasteiger partial charge in [0, 0.05) is 44.0 Å². The Morgan fingerprint density at radius 2 is 0.655 bits per heavy atom. The number of carbonyl (C=O) groups is 1. The van der Waals surface area contributed by atoms with Gasteiger partial charge in [-0.25, -0.2) is 8.42 Å². The van der Waals surface area contributed by atoms with Crippen LogP contribution in [0.4, 0.5) is 0 Å². The van der Waals surface area contributed by atoms with Gasteiger partial charge in [0.1, 0.15) is 0 Å². The van der Waals surface area contributed by atoms with Crippen molar-refractivity contribution in [1.82, 2.24) is 9.13 Å². The second-order valence-corrected chi connectivity index (χ2v) is 16.0. The molecule has 2 aromatic heterocycles. The molecule has 0 radical (unpaired) electrons. The largest absolute Gasteiger partial charge is 0.309 e. The van der Waals surface area contributed by atoms with Gasteiger partial charge in [0.2, 0.25) is 9.84 Å². The lowest BCUT2D eigenvalue weighted by molar-refractivity contribution is 0.103. The van der Waals surface area contributed by atoms with Crippen LogP contribution in [-0.2, 0) is 9.84 Å². The molecule has 55 heavy (non-hydrogen) atoms. The highest BCUT2D eigenvalue weighted by Crippen LogP contribution is 2.40. The molecular weight excluding hydrogens is 697 g/mol. The van der Waals surface area contributed by atoms with Gasteiger partial charge < -0.3 is 9.13 Å². The van der Waals surface area contributed by atoms with Crippen molar-refractivity contribution in [2.75, 3.05) is 0 Å². The zero-order chi connectivity index (χ0) is 36.8. The molecule has 0 unspecified atom stereocenters. The zero-order valence-electron chi connectivity index (χ0n) is 29.3. The topological polar surface area (TPSA) is 61.1 Å². The van der Waals surface area contributed by atoms with Crippen molar-refractivity contribution >= 4 is 59.2 Å². The standard InChI is InChI=1S/C49H30N2O3S/c52-49-41-27-21-33(31-17-23-35(24-18-31)50-43-13-5-1-9-37(43)38-10-2-6-14-44(38)50)29-47(41)55(53,54)48-30-34(22-28-42(48)49)32-19-25-36(26-20-32)51-45-15-7-3-11-39(45)40-12-4-8-16-46(40)51/h1-30H. The number of fused-ring (bicyclic) bond motifs is 8. The molecule has 0 aliphatic carbocycles. The predicted octanol–water partition coefficient (Wildman–Crippen LogP) is 11.6. The van der Waals surface area contributed by atoms with E-state index in [9.17, 15) is 13.2 Å². The van der Waals surface area contributed by atoms with Crippen LogP contribution in [0.1, 0.15) is 15.9 Å². The van der Waals surface area contributed by atoms with Gasteiger partial charge in [0.25, 0.3) is 0 Å². The molecule has 1 aliphatic rings. The van der Waals surface area contributed by atoms with Gasteiger partial charge >= 0.3 is 0 Å². The molecule has 11 rings (SSSR count). The molecule has 0 fully saturated rings. The average molecular weight is 727 g/mol. The lowest BCUT2D eigenvalue weighted by Crippen LogP contribution is -2.20. The number of para-hydroxylation sites is 4. The van der Waals surface area contributed by atoms with E-state index in [0.29, 0.717) is 0 Å². The van der Waals surface area contributed by atoms with Gasteiger partial charge in [-0.2, -0.15) is 0 Å². The Hall–Kier alpha value is -7.02. The summed E-state index contributed by atoms with van der Waals surface area (Å²) in [6, 6.07) is 60.0. The van der Waals surface area contributed by atoms with E-state index in [1.807, 2.05) is 60.7 Å². The first kappa shape index (κ1) is 31.5. The van der Waals surface area contributed by atoms with Crippen LogP contribution in [-0.4, -0.2) is 23.3 Å². The minimum atomic E-state index is -4.01. The van der Waals surface area contributed by atoms with Crippen molar-refractivity contribution in [3.05, 3.63) is 193 Å². The summed E-state index contributed by atoms with van der Waals surface area (Å²) in [7, 11) is -4.01. The summed E-state index contributed by atoms with van der Waals surface area (Å²) in [5.74, 6) is -0.290. The Bertz CT molecular complexity index is 3010. The number of carbonyl (C=O) groups excluding carboxylic acids is 1. The fourth-order valence-electron chi connectivity index (χ4n) is 8.49. The zero-order valence-corrected chi connectivity index (χ0v) is 30.2. The molecule has 1 aliphatic heterocycles. The summed E-state index contributed by atoms with van der Waals surface area (Å²) in [5, 5.41) is 4.75. The summed E-state index contributed by atoms with van der Waals surface area (Å²) in [6.07, 6.45) is 0. The first-order valence-corrected chi connectivity index (χ1v) is 19.7. The second kappa shape index (κ2) is 11.7. The third-order valence-electron chi connectivity index (χ3n) is 11.1. The number of nitrogens with zero attached hydrogens (tertiary/aromatic N) is 2. The van der Waals surface area contributed by atoms with Crippen LogP contribution in [0.2, 0.25) is 0 Å². The summed E-state index contributed by atoms with van der Waals surface area (Å²) < 4.78 is 33.2. The monoisotopic (exact) mass is 726 g/mol. The maximum atomic E-state index is 14.4. The van der Waals surface area contributed by atoms with E-state index < -0.39 is 9.84 Å². The highest BCUT2D eigenvalue weighted by Gasteiger charge is 2.35. The number of sulfone groups is 1. The molecule has 0 spiro atoms. The molecule has 6 heteroatoms. The Kier molecular flexibility index (Phi) is 6.72. The Balaban J connectivity index is 0.944. The van der Waals surface area contributed by atoms with E-state index in [-0.39, 0.29) is 26.7 Å². The summed E-state index contributed by atoms with van der Waals surface area (Å²) in [6.45, 7) is 0. The highest BCUT2D eigenvalue weighted by molar-refractivity contribution is 7.91. The highest BCUT2D eigenvalue weighted by atomic mass is 32.2. The number of aromatic nitrogens is 2. The Morgan fingerprint density at radius 3 is 1.00 bits per heavy atom. The van der Waals surface area contributed by atoms with Gasteiger partial charge in [0.05, 0.1) is 31.9 Å². The van der Waals surface area contributed by atoms with Crippen LogP contribution in [0, 0.1) is 0 Å². The molecule has 0 bridgehead atoms. The molecule has 0 saturated heterocycles. The minimum absolute atomic E-state index is 0.0350. The van der Waals surface area contributed by atoms with E-state index in [0.717, 1.165) is 55.7 Å². The SMILES string of the molecule is O=C1c2ccc(-c3ccc(-n4c5ccccc5c5ccccc54)cc3)cc2S(=O)(=O)c2cc(-c3ccc(-n4c5ccccc5c5ccccc54)cc3)ccc21. The van der Waals surface area contributed by atoms with E-state index in [1.165, 1.54) is 21.5 Å². The van der Waals surface area contributed by atoms with Crippen LogP contribution in [0.3, 0.4) is 0 Å². The van der Waals surface area contributed by atoms with Crippen LogP contribution in [0.5, 0.6) is 0 Å². The fraction of sp³-hybridized carbons (Fsp3) is 0. The fourth-order valence-corrected chi connectivity index (χ4v) is 10.2. The van der Waals surface area contributed by atoms with Crippen molar-refractivity contribution in [2.45, 2.75) is 9.79 Å². The van der Waals surface area contributed by atoms with Crippen LogP contribution in [0.25, 0.3) is 77.2 Å². The van der Waals surface area contributed by atoms with Crippen molar-refractivity contribution in [3.8, 4) is 33.6 Å². The van der Waals surface area contributed by atoms with E-state index in [2.05, 4.69) is 106 Å². The predicted molar refractivity (Wildman–Crippen MR) is 221 cm³/mol. The average Bonchev–Trinajstić information content (AvgIpc) is 3.76. The third-order valence-corrected chi connectivity index (χ3v) is 12.9. The normalized spacial score (nSPS) is 13.4. The molecule has 0 atom stereocenters. The quantitative estimate of drug-likeness (QED) is 0.181. The van der Waals surface area contributed by atoms with Gasteiger partial charge in [-0.05, 0) is 95.1 Å². The summed E-state index contributed by atoms with van der Waals surface area (Å²) >= 11 is 0. The smallest absolute Gasteiger partial charge is 0.208 e. The maximum absolute atomic E-state index is 14.4. The Labute approximate surface area is 316 Å². The minimum Gasteiger partial charge on any atom is -0.309 e. The van der Waals surface area contributed by atoms with Crippen molar-refractivity contribution in [2.24, 2.45) is 0 Å². The van der Waals surface area contributed by atoms with E-state index in [4.69, 9.17) is 0 Å². The number of ketones is 1. The van der Waals surface area contributed by atoms with Crippen molar-refractivity contribution in [3.63, 3.8) is 0 Å². The lowest BCUT2D eigenvalue weighted by atomic mass is 9.96. The second-order valence-electron chi connectivity index (χ2n) is 14.1. The first-order chi connectivity index (χ1) is 27.0. The first-order valence-electron chi connectivity index (χ1n) is 18.2. The molecule has 3 heterocycles. The molecule has 8 aromatic carbocycles. The molecular formula is C49H30N2O3S. The molecule has 0 saturated carbocycles. The number of benzene rings is 8. The molecule has 5 nitrogen and oxygen atoms in total. The van der Waals surface area contributed by atoms with Crippen LogP contribution < -0.4 is 0 Å². The third kappa shape index (κ3) is 4.65. The van der Waals surface area contributed by atoms with Gasteiger partial charge in [0.15, 0.2) is 5.78 Å². The number of hydrogen-bond donors (Lipinski definition) is 0.